The predicted molar refractivity (Wildman–Crippen MR) is 169 cm³/mol. The van der Waals surface area contributed by atoms with E-state index in [4.69, 9.17) is 13.8 Å². The minimum atomic E-state index is 0.352. The number of para-hydroxylation sites is 5. The van der Waals surface area contributed by atoms with Crippen molar-refractivity contribution < 1.29 is 8.83 Å². The van der Waals surface area contributed by atoms with Gasteiger partial charge in [-0.15, -0.1) is 0 Å². The van der Waals surface area contributed by atoms with E-state index in [1.165, 1.54) is 16.8 Å². The molecule has 4 nitrogen and oxygen atoms in total. The van der Waals surface area contributed by atoms with Crippen LogP contribution in [0.3, 0.4) is 0 Å². The maximum absolute atomic E-state index is 6.71. The molecule has 3 heterocycles. The number of nitrogens with zero attached hydrogens (tertiary/aromatic N) is 2. The average Bonchev–Trinajstić information content (AvgIpc) is 3.66. The van der Waals surface area contributed by atoms with E-state index < -0.39 is 0 Å². The lowest BCUT2D eigenvalue weighted by atomic mass is 9.92. The van der Waals surface area contributed by atoms with Crippen LogP contribution in [0.4, 0.5) is 0 Å². The standard InChI is InChI=1S/C37H30N2O2/c1-21(2)23-12-9-13-24(22(3)4)35(23)39-31-17-7-6-16-30(31)38-37(39)27-15-10-14-26-29-20-33-28(19-34(29)41-36(26)27)25-11-5-8-18-32(25)40-33/h5-22H,1-4H3. The van der Waals surface area contributed by atoms with Crippen LogP contribution in [0.1, 0.15) is 50.7 Å². The Kier molecular flexibility index (Phi) is 5.17. The molecular formula is C37H30N2O2. The summed E-state index contributed by atoms with van der Waals surface area (Å²) in [5.74, 6) is 1.59. The van der Waals surface area contributed by atoms with Crippen LogP contribution in [0.2, 0.25) is 0 Å². The predicted octanol–water partition coefficient (Wildman–Crippen LogP) is 10.7. The van der Waals surface area contributed by atoms with E-state index in [1.807, 2.05) is 18.2 Å². The number of furan rings is 2. The zero-order valence-corrected chi connectivity index (χ0v) is 23.6. The van der Waals surface area contributed by atoms with Crippen molar-refractivity contribution in [2.45, 2.75) is 39.5 Å². The lowest BCUT2D eigenvalue weighted by Gasteiger charge is -2.22. The Hall–Kier alpha value is -4.83. The second-order valence-corrected chi connectivity index (χ2v) is 11.6. The molecule has 0 aliphatic carbocycles. The fraction of sp³-hybridized carbons (Fsp3) is 0.162. The monoisotopic (exact) mass is 534 g/mol. The quantitative estimate of drug-likeness (QED) is 0.225. The molecule has 41 heavy (non-hydrogen) atoms. The Morgan fingerprint density at radius 2 is 1.22 bits per heavy atom. The molecule has 8 aromatic rings. The van der Waals surface area contributed by atoms with Crippen molar-refractivity contribution >= 4 is 54.9 Å². The average molecular weight is 535 g/mol. The number of imidazole rings is 1. The summed E-state index contributed by atoms with van der Waals surface area (Å²) in [6.07, 6.45) is 0. The van der Waals surface area contributed by atoms with Crippen molar-refractivity contribution in [1.82, 2.24) is 9.55 Å². The molecule has 4 heteroatoms. The number of fused-ring (bicyclic) bond motifs is 7. The summed E-state index contributed by atoms with van der Waals surface area (Å²) in [5.41, 5.74) is 10.3. The Morgan fingerprint density at radius 3 is 2.00 bits per heavy atom. The van der Waals surface area contributed by atoms with Crippen LogP contribution in [0.25, 0.3) is 72.0 Å². The molecule has 0 radical (unpaired) electrons. The molecule has 200 valence electrons. The van der Waals surface area contributed by atoms with Crippen LogP contribution in [0.15, 0.2) is 106 Å². The number of hydrogen-bond acceptors (Lipinski definition) is 3. The second kappa shape index (κ2) is 8.84. The summed E-state index contributed by atoms with van der Waals surface area (Å²) in [4.78, 5) is 5.25. The van der Waals surface area contributed by atoms with Gasteiger partial charge in [-0.2, -0.15) is 0 Å². The lowest BCUT2D eigenvalue weighted by molar-refractivity contribution is 0.664. The van der Waals surface area contributed by atoms with Crippen LogP contribution >= 0.6 is 0 Å². The molecular weight excluding hydrogens is 504 g/mol. The molecule has 0 spiro atoms. The molecule has 5 aromatic carbocycles. The minimum Gasteiger partial charge on any atom is -0.456 e. The molecule has 0 atom stereocenters. The van der Waals surface area contributed by atoms with E-state index in [0.29, 0.717) is 11.8 Å². The fourth-order valence-electron chi connectivity index (χ4n) is 6.39. The summed E-state index contributed by atoms with van der Waals surface area (Å²) < 4.78 is 15.3. The lowest BCUT2D eigenvalue weighted by Crippen LogP contribution is -2.08. The summed E-state index contributed by atoms with van der Waals surface area (Å²) in [6.45, 7) is 9.06. The van der Waals surface area contributed by atoms with Gasteiger partial charge in [-0.25, -0.2) is 4.98 Å². The highest BCUT2D eigenvalue weighted by Crippen LogP contribution is 2.42. The van der Waals surface area contributed by atoms with Crippen molar-refractivity contribution in [3.8, 4) is 17.1 Å². The normalized spacial score (nSPS) is 12.3. The first-order valence-electron chi connectivity index (χ1n) is 14.4. The van der Waals surface area contributed by atoms with Crippen molar-refractivity contribution in [3.63, 3.8) is 0 Å². The van der Waals surface area contributed by atoms with Crippen LogP contribution in [-0.2, 0) is 0 Å². The van der Waals surface area contributed by atoms with Crippen molar-refractivity contribution in [1.29, 1.82) is 0 Å². The molecule has 0 saturated heterocycles. The summed E-state index contributed by atoms with van der Waals surface area (Å²) >= 11 is 0. The van der Waals surface area contributed by atoms with E-state index in [2.05, 4.69) is 111 Å². The highest BCUT2D eigenvalue weighted by Gasteiger charge is 2.24. The third kappa shape index (κ3) is 3.50. The van der Waals surface area contributed by atoms with Gasteiger partial charge in [0.05, 0.1) is 22.3 Å². The Bertz CT molecular complexity index is 2250. The highest BCUT2D eigenvalue weighted by atomic mass is 16.3. The molecule has 0 aliphatic rings. The Labute approximate surface area is 237 Å². The van der Waals surface area contributed by atoms with Gasteiger partial charge < -0.3 is 8.83 Å². The zero-order valence-electron chi connectivity index (χ0n) is 23.6. The zero-order chi connectivity index (χ0) is 27.8. The first-order valence-corrected chi connectivity index (χ1v) is 14.4. The molecule has 3 aromatic heterocycles. The molecule has 0 N–H and O–H groups in total. The Balaban J connectivity index is 1.46. The number of rotatable bonds is 4. The Morgan fingerprint density at radius 1 is 0.585 bits per heavy atom. The van der Waals surface area contributed by atoms with Crippen molar-refractivity contribution in [2.24, 2.45) is 0 Å². The summed E-state index contributed by atoms with van der Waals surface area (Å²) in [6, 6.07) is 33.9. The first kappa shape index (κ1) is 24.0. The first-order chi connectivity index (χ1) is 20.0. The molecule has 0 aliphatic heterocycles. The third-order valence-corrected chi connectivity index (χ3v) is 8.36. The van der Waals surface area contributed by atoms with Crippen molar-refractivity contribution in [2.75, 3.05) is 0 Å². The van der Waals surface area contributed by atoms with Crippen LogP contribution in [0.5, 0.6) is 0 Å². The number of hydrogen-bond donors (Lipinski definition) is 0. The van der Waals surface area contributed by atoms with Crippen LogP contribution in [0, 0.1) is 0 Å². The second-order valence-electron chi connectivity index (χ2n) is 11.6. The van der Waals surface area contributed by atoms with Crippen LogP contribution in [-0.4, -0.2) is 9.55 Å². The maximum Gasteiger partial charge on any atom is 0.149 e. The van der Waals surface area contributed by atoms with Gasteiger partial charge in [0.25, 0.3) is 0 Å². The van der Waals surface area contributed by atoms with E-state index in [9.17, 15) is 0 Å². The van der Waals surface area contributed by atoms with Gasteiger partial charge in [0, 0.05) is 21.5 Å². The maximum atomic E-state index is 6.71. The third-order valence-electron chi connectivity index (χ3n) is 8.36. The van der Waals surface area contributed by atoms with Gasteiger partial charge in [0.2, 0.25) is 0 Å². The summed E-state index contributed by atoms with van der Waals surface area (Å²) in [5, 5.41) is 4.26. The number of benzene rings is 5. The fourth-order valence-corrected chi connectivity index (χ4v) is 6.39. The largest absolute Gasteiger partial charge is 0.456 e. The van der Waals surface area contributed by atoms with Gasteiger partial charge in [-0.05, 0) is 59.4 Å². The van der Waals surface area contributed by atoms with Gasteiger partial charge in [-0.1, -0.05) is 88.4 Å². The smallest absolute Gasteiger partial charge is 0.149 e. The molecule has 0 bridgehead atoms. The SMILES string of the molecule is CC(C)c1cccc(C(C)C)c1-n1c(-c2cccc3c2oc2cc4c(cc23)oc2ccccc24)nc2ccccc21. The minimum absolute atomic E-state index is 0.352. The van der Waals surface area contributed by atoms with E-state index >= 15 is 0 Å². The number of aromatic nitrogens is 2. The van der Waals surface area contributed by atoms with E-state index in [0.717, 1.165) is 66.3 Å². The molecule has 0 saturated carbocycles. The van der Waals surface area contributed by atoms with Crippen molar-refractivity contribution in [3.05, 3.63) is 108 Å². The highest BCUT2D eigenvalue weighted by molar-refractivity contribution is 6.16. The van der Waals surface area contributed by atoms with Gasteiger partial charge >= 0.3 is 0 Å². The molecule has 8 rings (SSSR count). The molecule has 0 fully saturated rings. The van der Waals surface area contributed by atoms with Gasteiger partial charge in [0.15, 0.2) is 0 Å². The van der Waals surface area contributed by atoms with E-state index in [1.54, 1.807) is 0 Å². The molecule has 0 amide bonds. The summed E-state index contributed by atoms with van der Waals surface area (Å²) in [7, 11) is 0. The van der Waals surface area contributed by atoms with Gasteiger partial charge in [-0.3, -0.25) is 4.57 Å². The van der Waals surface area contributed by atoms with E-state index in [-0.39, 0.29) is 0 Å². The van der Waals surface area contributed by atoms with Gasteiger partial charge in [0.1, 0.15) is 28.2 Å². The topological polar surface area (TPSA) is 44.1 Å². The van der Waals surface area contributed by atoms with Crippen LogP contribution < -0.4 is 0 Å². The molecule has 0 unspecified atom stereocenters.